The summed E-state index contributed by atoms with van der Waals surface area (Å²) < 4.78 is 22.7. The molecule has 0 atom stereocenters. The Morgan fingerprint density at radius 2 is 2.05 bits per heavy atom. The van der Waals surface area contributed by atoms with Gasteiger partial charge in [0.1, 0.15) is 5.75 Å². The maximum absolute atomic E-state index is 11.9. The van der Waals surface area contributed by atoms with Crippen molar-refractivity contribution in [2.45, 2.75) is 4.21 Å². The average molecular weight is 333 g/mol. The maximum atomic E-state index is 11.9. The molecule has 1 amide bonds. The zero-order chi connectivity index (χ0) is 14.9. The molecule has 106 valence electrons. The molecular formula is C11H9ClN2O4S2. The summed E-state index contributed by atoms with van der Waals surface area (Å²) in [6.45, 7) is 0. The van der Waals surface area contributed by atoms with Crippen molar-refractivity contribution in [1.29, 1.82) is 0 Å². The van der Waals surface area contributed by atoms with Crippen LogP contribution >= 0.6 is 22.9 Å². The third-order valence-electron chi connectivity index (χ3n) is 2.26. The number of nitrogens with zero attached hydrogens (tertiary/aromatic N) is 1. The predicted molar refractivity (Wildman–Crippen MR) is 76.3 cm³/mol. The van der Waals surface area contributed by atoms with Gasteiger partial charge in [-0.2, -0.15) is 0 Å². The van der Waals surface area contributed by atoms with Crippen LogP contribution in [0.5, 0.6) is 5.75 Å². The number of para-hydroxylation sites is 1. The molecule has 0 unspecified atom stereocenters. The van der Waals surface area contributed by atoms with Gasteiger partial charge in [-0.25, -0.2) is 13.4 Å². The molecule has 0 saturated carbocycles. The summed E-state index contributed by atoms with van der Waals surface area (Å²) >= 11 is 6.46. The second-order valence-electron chi connectivity index (χ2n) is 3.84. The SMILES string of the molecule is CS(=O)(=O)c1sc(NC(=O)c2ccccc2O)nc1Cl. The van der Waals surface area contributed by atoms with E-state index in [1.807, 2.05) is 0 Å². The van der Waals surface area contributed by atoms with E-state index in [-0.39, 0.29) is 25.8 Å². The zero-order valence-corrected chi connectivity index (χ0v) is 12.5. The average Bonchev–Trinajstić information content (AvgIpc) is 2.70. The smallest absolute Gasteiger partial charge is 0.261 e. The molecule has 0 fully saturated rings. The number of phenolic OH excluding ortho intramolecular Hbond substituents is 1. The topological polar surface area (TPSA) is 96.4 Å². The number of aromatic hydroxyl groups is 1. The molecule has 0 aliphatic rings. The standard InChI is InChI=1S/C11H9ClN2O4S2/c1-20(17,18)10-8(12)13-11(19-10)14-9(16)6-4-2-3-5-7(6)15/h2-5,15H,1H3,(H,13,14,16). The van der Waals surface area contributed by atoms with E-state index in [1.165, 1.54) is 12.1 Å². The van der Waals surface area contributed by atoms with Gasteiger partial charge < -0.3 is 5.11 Å². The molecule has 2 N–H and O–H groups in total. The van der Waals surface area contributed by atoms with E-state index in [0.29, 0.717) is 0 Å². The van der Waals surface area contributed by atoms with Gasteiger partial charge in [0.15, 0.2) is 24.3 Å². The van der Waals surface area contributed by atoms with Crippen molar-refractivity contribution in [2.75, 3.05) is 11.6 Å². The van der Waals surface area contributed by atoms with Gasteiger partial charge in [0.2, 0.25) is 0 Å². The molecule has 1 heterocycles. The van der Waals surface area contributed by atoms with E-state index in [1.54, 1.807) is 12.1 Å². The monoisotopic (exact) mass is 332 g/mol. The minimum Gasteiger partial charge on any atom is -0.507 e. The Morgan fingerprint density at radius 1 is 1.40 bits per heavy atom. The van der Waals surface area contributed by atoms with E-state index in [2.05, 4.69) is 10.3 Å². The number of carbonyl (C=O) groups is 1. The van der Waals surface area contributed by atoms with Crippen molar-refractivity contribution in [1.82, 2.24) is 4.98 Å². The van der Waals surface area contributed by atoms with E-state index in [9.17, 15) is 18.3 Å². The maximum Gasteiger partial charge on any atom is 0.261 e. The molecule has 2 aromatic rings. The molecule has 9 heteroatoms. The Hall–Kier alpha value is -1.64. The molecule has 0 saturated heterocycles. The predicted octanol–water partition coefficient (Wildman–Crippen LogP) is 2.16. The molecule has 0 bridgehead atoms. The fourth-order valence-electron chi connectivity index (χ4n) is 1.40. The molecular weight excluding hydrogens is 324 g/mol. The third-order valence-corrected chi connectivity index (χ3v) is 5.55. The van der Waals surface area contributed by atoms with Gasteiger partial charge >= 0.3 is 0 Å². The molecule has 0 radical (unpaired) electrons. The number of anilines is 1. The highest BCUT2D eigenvalue weighted by molar-refractivity contribution is 7.93. The highest BCUT2D eigenvalue weighted by atomic mass is 35.5. The lowest BCUT2D eigenvalue weighted by molar-refractivity contribution is 0.102. The first-order chi connectivity index (χ1) is 9.29. The van der Waals surface area contributed by atoms with E-state index < -0.39 is 15.7 Å². The summed E-state index contributed by atoms with van der Waals surface area (Å²) in [5.41, 5.74) is 0.0553. The number of hydrogen-bond donors (Lipinski definition) is 2. The number of amides is 1. The minimum absolute atomic E-state index is 0.0451. The van der Waals surface area contributed by atoms with Crippen molar-refractivity contribution in [3.05, 3.63) is 35.0 Å². The first-order valence-electron chi connectivity index (χ1n) is 5.25. The van der Waals surface area contributed by atoms with Gasteiger partial charge in [0.05, 0.1) is 5.56 Å². The van der Waals surface area contributed by atoms with Crippen molar-refractivity contribution < 1.29 is 18.3 Å². The number of nitrogens with one attached hydrogen (secondary N) is 1. The van der Waals surface area contributed by atoms with Gasteiger partial charge in [-0.15, -0.1) is 0 Å². The third kappa shape index (κ3) is 3.09. The van der Waals surface area contributed by atoms with Crippen LogP contribution in [-0.4, -0.2) is 30.7 Å². The zero-order valence-electron chi connectivity index (χ0n) is 10.1. The normalized spacial score (nSPS) is 11.3. The summed E-state index contributed by atoms with van der Waals surface area (Å²) in [4.78, 5) is 15.7. The lowest BCUT2D eigenvalue weighted by Gasteiger charge is -2.03. The lowest BCUT2D eigenvalue weighted by Crippen LogP contribution is -2.11. The summed E-state index contributed by atoms with van der Waals surface area (Å²) in [5, 5.41) is 11.8. The van der Waals surface area contributed by atoms with Gasteiger partial charge in [0.25, 0.3) is 5.91 Å². The van der Waals surface area contributed by atoms with Crippen LogP contribution in [0.4, 0.5) is 5.13 Å². The first kappa shape index (κ1) is 14.8. The molecule has 0 aliphatic carbocycles. The van der Waals surface area contributed by atoms with Crippen molar-refractivity contribution in [3.8, 4) is 5.75 Å². The van der Waals surface area contributed by atoms with E-state index >= 15 is 0 Å². The van der Waals surface area contributed by atoms with Gasteiger partial charge in [0, 0.05) is 6.26 Å². The van der Waals surface area contributed by atoms with Crippen molar-refractivity contribution in [3.63, 3.8) is 0 Å². The molecule has 1 aromatic carbocycles. The van der Waals surface area contributed by atoms with Crippen LogP contribution in [0, 0.1) is 0 Å². The van der Waals surface area contributed by atoms with Crippen molar-refractivity contribution in [2.24, 2.45) is 0 Å². The minimum atomic E-state index is -3.50. The van der Waals surface area contributed by atoms with Crippen LogP contribution < -0.4 is 5.32 Å². The van der Waals surface area contributed by atoms with Crippen LogP contribution in [-0.2, 0) is 9.84 Å². The Morgan fingerprint density at radius 3 is 2.60 bits per heavy atom. The number of rotatable bonds is 3. The second kappa shape index (κ2) is 5.39. The van der Waals surface area contributed by atoms with Gasteiger partial charge in [-0.1, -0.05) is 35.1 Å². The van der Waals surface area contributed by atoms with E-state index in [4.69, 9.17) is 11.6 Å². The van der Waals surface area contributed by atoms with Gasteiger partial charge in [-0.3, -0.25) is 10.1 Å². The summed E-state index contributed by atoms with van der Waals surface area (Å²) in [6, 6.07) is 5.96. The molecule has 20 heavy (non-hydrogen) atoms. The molecule has 1 aromatic heterocycles. The van der Waals surface area contributed by atoms with Crippen molar-refractivity contribution >= 4 is 43.8 Å². The molecule has 0 spiro atoms. The summed E-state index contributed by atoms with van der Waals surface area (Å²) in [7, 11) is -3.50. The van der Waals surface area contributed by atoms with Crippen LogP contribution in [0.15, 0.2) is 28.5 Å². The quantitative estimate of drug-likeness (QED) is 0.897. The van der Waals surface area contributed by atoms with Crippen LogP contribution in [0.2, 0.25) is 5.15 Å². The number of carbonyl (C=O) groups excluding carboxylic acids is 1. The number of phenols is 1. The fraction of sp³-hybridized carbons (Fsp3) is 0.0909. The number of benzene rings is 1. The largest absolute Gasteiger partial charge is 0.507 e. The number of hydrogen-bond acceptors (Lipinski definition) is 6. The van der Waals surface area contributed by atoms with Crippen LogP contribution in [0.1, 0.15) is 10.4 Å². The van der Waals surface area contributed by atoms with E-state index in [0.717, 1.165) is 17.6 Å². The Balaban J connectivity index is 2.28. The van der Waals surface area contributed by atoms with Crippen LogP contribution in [0.3, 0.4) is 0 Å². The second-order valence-corrected chi connectivity index (χ2v) is 7.41. The highest BCUT2D eigenvalue weighted by Crippen LogP contribution is 2.31. The number of halogens is 1. The summed E-state index contributed by atoms with van der Waals surface area (Å²) in [5.74, 6) is -0.787. The number of sulfone groups is 1. The van der Waals surface area contributed by atoms with Crippen LogP contribution in [0.25, 0.3) is 0 Å². The molecule has 2 rings (SSSR count). The Kier molecular flexibility index (Phi) is 3.98. The fourth-order valence-corrected chi connectivity index (χ4v) is 3.85. The summed E-state index contributed by atoms with van der Waals surface area (Å²) in [6.07, 6.45) is 1.00. The molecule has 6 nitrogen and oxygen atoms in total. The first-order valence-corrected chi connectivity index (χ1v) is 8.33. The number of thiazole rings is 1. The highest BCUT2D eigenvalue weighted by Gasteiger charge is 2.20. The molecule has 0 aliphatic heterocycles. The lowest BCUT2D eigenvalue weighted by atomic mass is 10.2. The Bertz CT molecular complexity index is 770. The van der Waals surface area contributed by atoms with Gasteiger partial charge in [-0.05, 0) is 12.1 Å². The Labute approximate surface area is 124 Å². The number of aromatic nitrogens is 1.